The highest BCUT2D eigenvalue weighted by molar-refractivity contribution is 5.82. The minimum absolute atomic E-state index is 0.277. The molecule has 2 aromatic heterocycles. The number of aliphatic hydroxyl groups is 2. The van der Waals surface area contributed by atoms with Crippen LogP contribution in [-0.2, 0) is 6.54 Å². The number of benzene rings is 1. The summed E-state index contributed by atoms with van der Waals surface area (Å²) >= 11 is 0. The molecule has 3 aromatic rings. The molecule has 1 atom stereocenters. The molecule has 114 valence electrons. The number of rotatable bonds is 4. The smallest absolute Gasteiger partial charge is 0.140 e. The average molecular weight is 297 g/mol. The molecule has 0 saturated carbocycles. The van der Waals surface area contributed by atoms with E-state index in [9.17, 15) is 10.2 Å². The third-order valence-electron chi connectivity index (χ3n) is 3.76. The number of nitrogens with zero attached hydrogens (tertiary/aromatic N) is 3. The lowest BCUT2D eigenvalue weighted by molar-refractivity contribution is -0.0550. The zero-order chi connectivity index (χ0) is 15.7. The number of hydrogen-bond acceptors (Lipinski definition) is 4. The van der Waals surface area contributed by atoms with Gasteiger partial charge in [-0.15, -0.1) is 0 Å². The van der Waals surface area contributed by atoms with Crippen molar-refractivity contribution in [1.82, 2.24) is 14.5 Å². The van der Waals surface area contributed by atoms with Crippen LogP contribution in [0, 0.1) is 0 Å². The van der Waals surface area contributed by atoms with E-state index in [1.165, 1.54) is 0 Å². The van der Waals surface area contributed by atoms with Crippen LogP contribution in [0.4, 0.5) is 0 Å². The Hall–Kier alpha value is -2.24. The standard InChI is InChI=1S/C17H19N3O2/c1-17(2,22)15(21)11-20-9-8-19-16(20)13-6-5-12-4-3-7-18-14(12)10-13/h3-10,15,21-22H,11H2,1-2H3. The molecule has 0 fully saturated rings. The maximum atomic E-state index is 10.1. The largest absolute Gasteiger partial charge is 0.388 e. The minimum Gasteiger partial charge on any atom is -0.388 e. The number of hydrogen-bond donors (Lipinski definition) is 2. The second-order valence-electron chi connectivity index (χ2n) is 5.98. The SMILES string of the molecule is CC(C)(O)C(O)Cn1ccnc1-c1ccc2cccnc2c1. The van der Waals surface area contributed by atoms with Gasteiger partial charge in [0.25, 0.3) is 0 Å². The summed E-state index contributed by atoms with van der Waals surface area (Å²) in [4.78, 5) is 8.73. The highest BCUT2D eigenvalue weighted by Crippen LogP contribution is 2.23. The molecule has 5 nitrogen and oxygen atoms in total. The predicted octanol–water partition coefficient (Wildman–Crippen LogP) is 2.23. The summed E-state index contributed by atoms with van der Waals surface area (Å²) in [6.45, 7) is 3.46. The van der Waals surface area contributed by atoms with Gasteiger partial charge in [0.1, 0.15) is 11.9 Å². The quantitative estimate of drug-likeness (QED) is 0.774. The Morgan fingerprint density at radius 2 is 2.00 bits per heavy atom. The summed E-state index contributed by atoms with van der Waals surface area (Å²) in [5.41, 5.74) is 0.670. The number of pyridine rings is 1. The zero-order valence-corrected chi connectivity index (χ0v) is 12.6. The van der Waals surface area contributed by atoms with E-state index >= 15 is 0 Å². The lowest BCUT2D eigenvalue weighted by Crippen LogP contribution is -2.39. The summed E-state index contributed by atoms with van der Waals surface area (Å²) in [7, 11) is 0. The molecule has 1 aromatic carbocycles. The lowest BCUT2D eigenvalue weighted by Gasteiger charge is -2.25. The van der Waals surface area contributed by atoms with Gasteiger partial charge in [0, 0.05) is 29.5 Å². The Morgan fingerprint density at radius 1 is 1.18 bits per heavy atom. The van der Waals surface area contributed by atoms with Gasteiger partial charge < -0.3 is 14.8 Å². The molecule has 2 heterocycles. The maximum Gasteiger partial charge on any atom is 0.140 e. The van der Waals surface area contributed by atoms with Crippen LogP contribution in [0.25, 0.3) is 22.3 Å². The Balaban J connectivity index is 1.96. The van der Waals surface area contributed by atoms with Crippen LogP contribution in [0.15, 0.2) is 48.9 Å². The molecule has 0 spiro atoms. The number of aromatic nitrogens is 3. The van der Waals surface area contributed by atoms with Crippen molar-refractivity contribution < 1.29 is 10.2 Å². The van der Waals surface area contributed by atoms with Crippen molar-refractivity contribution in [2.24, 2.45) is 0 Å². The number of imidazole rings is 1. The molecular formula is C17H19N3O2. The van der Waals surface area contributed by atoms with Gasteiger partial charge in [0.05, 0.1) is 17.7 Å². The molecule has 0 saturated heterocycles. The molecule has 3 rings (SSSR count). The fourth-order valence-corrected chi connectivity index (χ4v) is 2.33. The highest BCUT2D eigenvalue weighted by Gasteiger charge is 2.25. The van der Waals surface area contributed by atoms with E-state index < -0.39 is 11.7 Å². The van der Waals surface area contributed by atoms with E-state index in [-0.39, 0.29) is 6.54 Å². The lowest BCUT2D eigenvalue weighted by atomic mass is 10.0. The summed E-state index contributed by atoms with van der Waals surface area (Å²) in [6, 6.07) is 9.88. The normalized spacial score (nSPS) is 13.5. The fourth-order valence-electron chi connectivity index (χ4n) is 2.33. The fraction of sp³-hybridized carbons (Fsp3) is 0.294. The first-order chi connectivity index (χ1) is 10.4. The molecule has 0 aliphatic heterocycles. The van der Waals surface area contributed by atoms with Gasteiger partial charge in [-0.05, 0) is 26.0 Å². The van der Waals surface area contributed by atoms with Gasteiger partial charge in [-0.25, -0.2) is 4.98 Å². The van der Waals surface area contributed by atoms with Crippen molar-refractivity contribution >= 4 is 10.9 Å². The Morgan fingerprint density at radius 3 is 2.77 bits per heavy atom. The summed E-state index contributed by atoms with van der Waals surface area (Å²) in [5.74, 6) is 0.746. The van der Waals surface area contributed by atoms with Crippen molar-refractivity contribution in [2.45, 2.75) is 32.1 Å². The molecule has 0 aliphatic carbocycles. The van der Waals surface area contributed by atoms with Crippen LogP contribution >= 0.6 is 0 Å². The van der Waals surface area contributed by atoms with E-state index in [0.717, 1.165) is 22.3 Å². The minimum atomic E-state index is -1.16. The van der Waals surface area contributed by atoms with Gasteiger partial charge >= 0.3 is 0 Å². The monoisotopic (exact) mass is 297 g/mol. The van der Waals surface area contributed by atoms with Gasteiger partial charge in [0.2, 0.25) is 0 Å². The topological polar surface area (TPSA) is 71.2 Å². The van der Waals surface area contributed by atoms with Crippen molar-refractivity contribution in [3.63, 3.8) is 0 Å². The van der Waals surface area contributed by atoms with Gasteiger partial charge in [0.15, 0.2) is 0 Å². The Labute approximate surface area is 128 Å². The van der Waals surface area contributed by atoms with E-state index in [1.54, 1.807) is 32.4 Å². The van der Waals surface area contributed by atoms with E-state index in [0.29, 0.717) is 0 Å². The first-order valence-corrected chi connectivity index (χ1v) is 7.22. The van der Waals surface area contributed by atoms with Gasteiger partial charge in [-0.1, -0.05) is 18.2 Å². The number of aliphatic hydroxyl groups excluding tert-OH is 1. The van der Waals surface area contributed by atoms with E-state index in [4.69, 9.17) is 0 Å². The van der Waals surface area contributed by atoms with Gasteiger partial charge in [-0.2, -0.15) is 0 Å². The molecular weight excluding hydrogens is 278 g/mol. The Bertz CT molecular complexity index is 790. The highest BCUT2D eigenvalue weighted by atomic mass is 16.3. The van der Waals surface area contributed by atoms with Crippen LogP contribution in [0.1, 0.15) is 13.8 Å². The Kier molecular flexibility index (Phi) is 3.68. The summed E-state index contributed by atoms with van der Waals surface area (Å²) in [6.07, 6.45) is 4.37. The number of fused-ring (bicyclic) bond motifs is 1. The summed E-state index contributed by atoms with van der Waals surface area (Å²) < 4.78 is 1.84. The second-order valence-corrected chi connectivity index (χ2v) is 5.98. The van der Waals surface area contributed by atoms with Crippen molar-refractivity contribution in [3.05, 3.63) is 48.9 Å². The van der Waals surface area contributed by atoms with Crippen LogP contribution in [0.5, 0.6) is 0 Å². The second kappa shape index (κ2) is 5.51. The third kappa shape index (κ3) is 2.86. The molecule has 1 unspecified atom stereocenters. The maximum absolute atomic E-state index is 10.1. The molecule has 0 radical (unpaired) electrons. The van der Waals surface area contributed by atoms with Crippen LogP contribution in [0.3, 0.4) is 0 Å². The molecule has 22 heavy (non-hydrogen) atoms. The van der Waals surface area contributed by atoms with Crippen molar-refractivity contribution in [2.75, 3.05) is 0 Å². The van der Waals surface area contributed by atoms with Crippen molar-refractivity contribution in [1.29, 1.82) is 0 Å². The first kappa shape index (κ1) is 14.7. The van der Waals surface area contributed by atoms with Crippen LogP contribution < -0.4 is 0 Å². The predicted molar refractivity (Wildman–Crippen MR) is 85.3 cm³/mol. The third-order valence-corrected chi connectivity index (χ3v) is 3.76. The summed E-state index contributed by atoms with van der Waals surface area (Å²) in [5, 5.41) is 21.1. The molecule has 2 N–H and O–H groups in total. The van der Waals surface area contributed by atoms with Crippen molar-refractivity contribution in [3.8, 4) is 11.4 Å². The molecule has 0 aliphatic rings. The average Bonchev–Trinajstić information content (AvgIpc) is 2.94. The molecule has 5 heteroatoms. The zero-order valence-electron chi connectivity index (χ0n) is 12.6. The van der Waals surface area contributed by atoms with Crippen LogP contribution in [0.2, 0.25) is 0 Å². The molecule has 0 amide bonds. The molecule has 0 bridgehead atoms. The first-order valence-electron chi connectivity index (χ1n) is 7.22. The van der Waals surface area contributed by atoms with Gasteiger partial charge in [-0.3, -0.25) is 4.98 Å². The van der Waals surface area contributed by atoms with E-state index in [2.05, 4.69) is 9.97 Å². The van der Waals surface area contributed by atoms with E-state index in [1.807, 2.05) is 34.9 Å². The van der Waals surface area contributed by atoms with Crippen LogP contribution in [-0.4, -0.2) is 36.5 Å².